The molecule has 2 atom stereocenters. The summed E-state index contributed by atoms with van der Waals surface area (Å²) in [5.74, 6) is 1.98. The van der Waals surface area contributed by atoms with Gasteiger partial charge in [-0.3, -0.25) is 0 Å². The minimum Gasteiger partial charge on any atom is -0.493 e. The maximum atomic E-state index is 10.7. The molecule has 0 fully saturated rings. The van der Waals surface area contributed by atoms with Gasteiger partial charge in [0.25, 0.3) is 0 Å². The van der Waals surface area contributed by atoms with Crippen LogP contribution in [-0.2, 0) is 0 Å². The van der Waals surface area contributed by atoms with E-state index in [1.54, 1.807) is 34.3 Å². The van der Waals surface area contributed by atoms with Gasteiger partial charge in [-0.05, 0) is 23.8 Å². The van der Waals surface area contributed by atoms with E-state index in [4.69, 9.17) is 28.4 Å². The monoisotopic (exact) mass is 374 g/mol. The van der Waals surface area contributed by atoms with E-state index in [1.165, 1.54) is 0 Å². The van der Waals surface area contributed by atoms with Crippen molar-refractivity contribution in [2.24, 2.45) is 0 Å². The molecule has 7 heteroatoms. The average molecular weight is 374 g/mol. The van der Waals surface area contributed by atoms with E-state index in [2.05, 4.69) is 0 Å². The summed E-state index contributed by atoms with van der Waals surface area (Å²) in [5, 5.41) is 10.7. The summed E-state index contributed by atoms with van der Waals surface area (Å²) < 4.78 is 33.1. The van der Waals surface area contributed by atoms with Crippen LogP contribution in [0.15, 0.2) is 24.3 Å². The molecule has 2 aliphatic rings. The molecule has 2 aromatic carbocycles. The number of hydrogen-bond acceptors (Lipinski definition) is 7. The first kappa shape index (κ1) is 17.6. The van der Waals surface area contributed by atoms with Gasteiger partial charge in [0.1, 0.15) is 5.75 Å². The Morgan fingerprint density at radius 3 is 2.15 bits per heavy atom. The molecule has 27 heavy (non-hydrogen) atoms. The zero-order valence-electron chi connectivity index (χ0n) is 15.7. The molecule has 0 spiro atoms. The van der Waals surface area contributed by atoms with Crippen LogP contribution < -0.4 is 28.4 Å². The minimum absolute atomic E-state index is 0.160. The summed E-state index contributed by atoms with van der Waals surface area (Å²) in [6.45, 7) is 1.81. The highest BCUT2D eigenvalue weighted by molar-refractivity contribution is 5.59. The number of aliphatic hydroxyl groups is 1. The molecule has 0 saturated carbocycles. The molecule has 0 saturated heterocycles. The first-order chi connectivity index (χ1) is 13.0. The molecule has 1 N–H and O–H groups in total. The second-order valence-corrected chi connectivity index (χ2v) is 6.74. The standard InChI is InChI=1S/C20H22O7/c1-20(21)9-13(11-5-17(22-2)19(24-4)18(6-11)23-3)12-7-15-16(26-10-25-15)8-14(12)27-20/h5-8,13,21H,9-10H2,1-4H3/t13-,20+/m0/s1. The van der Waals surface area contributed by atoms with Gasteiger partial charge >= 0.3 is 0 Å². The van der Waals surface area contributed by atoms with Crippen LogP contribution in [0.3, 0.4) is 0 Å². The van der Waals surface area contributed by atoms with Crippen molar-refractivity contribution in [2.75, 3.05) is 28.1 Å². The summed E-state index contributed by atoms with van der Waals surface area (Å²) in [7, 11) is 4.72. The number of methoxy groups -OCH3 is 3. The fourth-order valence-corrected chi connectivity index (χ4v) is 3.67. The number of fused-ring (bicyclic) bond motifs is 2. The molecule has 0 unspecified atom stereocenters. The first-order valence-corrected chi connectivity index (χ1v) is 8.60. The van der Waals surface area contributed by atoms with Gasteiger partial charge in [-0.1, -0.05) is 0 Å². The Kier molecular flexibility index (Phi) is 4.19. The van der Waals surface area contributed by atoms with Crippen molar-refractivity contribution in [3.05, 3.63) is 35.4 Å². The van der Waals surface area contributed by atoms with Gasteiger partial charge in [0.15, 0.2) is 23.0 Å². The third-order valence-electron chi connectivity index (χ3n) is 4.88. The van der Waals surface area contributed by atoms with Crippen molar-refractivity contribution in [2.45, 2.75) is 25.0 Å². The number of hydrogen-bond donors (Lipinski definition) is 1. The third-order valence-corrected chi connectivity index (χ3v) is 4.88. The topological polar surface area (TPSA) is 75.6 Å². The highest BCUT2D eigenvalue weighted by Crippen LogP contribution is 2.51. The number of benzene rings is 2. The van der Waals surface area contributed by atoms with Crippen LogP contribution in [0.1, 0.15) is 30.4 Å². The lowest BCUT2D eigenvalue weighted by atomic mass is 9.83. The largest absolute Gasteiger partial charge is 0.493 e. The molecular formula is C20H22O7. The van der Waals surface area contributed by atoms with Gasteiger partial charge in [-0.2, -0.15) is 0 Å². The lowest BCUT2D eigenvalue weighted by Crippen LogP contribution is -2.38. The smallest absolute Gasteiger partial charge is 0.231 e. The molecule has 0 amide bonds. The zero-order chi connectivity index (χ0) is 19.2. The third kappa shape index (κ3) is 2.98. The molecule has 7 nitrogen and oxygen atoms in total. The molecule has 2 aliphatic heterocycles. The Bertz CT molecular complexity index is 850. The van der Waals surface area contributed by atoms with Crippen molar-refractivity contribution in [1.29, 1.82) is 0 Å². The van der Waals surface area contributed by atoms with E-state index >= 15 is 0 Å². The molecule has 0 aliphatic carbocycles. The maximum Gasteiger partial charge on any atom is 0.231 e. The van der Waals surface area contributed by atoms with Crippen molar-refractivity contribution < 1.29 is 33.5 Å². The number of rotatable bonds is 4. The molecule has 0 radical (unpaired) electrons. The van der Waals surface area contributed by atoms with E-state index < -0.39 is 5.79 Å². The van der Waals surface area contributed by atoms with Crippen molar-refractivity contribution in [1.82, 2.24) is 0 Å². The second-order valence-electron chi connectivity index (χ2n) is 6.74. The molecule has 2 aromatic rings. The van der Waals surface area contributed by atoms with Crippen molar-refractivity contribution in [3.8, 4) is 34.5 Å². The van der Waals surface area contributed by atoms with E-state index in [0.717, 1.165) is 11.1 Å². The van der Waals surface area contributed by atoms with Crippen LogP contribution in [0, 0.1) is 0 Å². The average Bonchev–Trinajstić information content (AvgIpc) is 3.11. The summed E-state index contributed by atoms with van der Waals surface area (Å²) in [5.41, 5.74) is 1.81. The predicted molar refractivity (Wildman–Crippen MR) is 96.4 cm³/mol. The minimum atomic E-state index is -1.33. The lowest BCUT2D eigenvalue weighted by molar-refractivity contribution is -0.137. The number of ether oxygens (including phenoxy) is 6. The van der Waals surface area contributed by atoms with Gasteiger partial charge < -0.3 is 33.5 Å². The van der Waals surface area contributed by atoms with E-state index in [1.807, 2.05) is 18.2 Å². The molecule has 0 aromatic heterocycles. The SMILES string of the molecule is COc1cc([C@@H]2C[C@](C)(O)Oc3cc4c(cc32)OCO4)cc(OC)c1OC. The van der Waals surface area contributed by atoms with Crippen LogP contribution in [0.4, 0.5) is 0 Å². The molecule has 144 valence electrons. The lowest BCUT2D eigenvalue weighted by Gasteiger charge is -2.36. The Morgan fingerprint density at radius 1 is 0.926 bits per heavy atom. The van der Waals surface area contributed by atoms with Gasteiger partial charge in [0.05, 0.1) is 21.3 Å². The highest BCUT2D eigenvalue weighted by atomic mass is 16.7. The van der Waals surface area contributed by atoms with Crippen LogP contribution in [0.2, 0.25) is 0 Å². The second kappa shape index (κ2) is 6.42. The zero-order valence-corrected chi connectivity index (χ0v) is 15.7. The molecule has 0 bridgehead atoms. The summed E-state index contributed by atoms with van der Waals surface area (Å²) >= 11 is 0. The Hall–Kier alpha value is -2.80. The first-order valence-electron chi connectivity index (χ1n) is 8.60. The summed E-state index contributed by atoms with van der Waals surface area (Å²) in [6, 6.07) is 7.45. The molecular weight excluding hydrogens is 352 g/mol. The molecule has 4 rings (SSSR count). The van der Waals surface area contributed by atoms with Crippen LogP contribution in [0.5, 0.6) is 34.5 Å². The fourth-order valence-electron chi connectivity index (χ4n) is 3.67. The van der Waals surface area contributed by atoms with Crippen molar-refractivity contribution >= 4 is 0 Å². The van der Waals surface area contributed by atoms with Crippen LogP contribution in [0.25, 0.3) is 0 Å². The van der Waals surface area contributed by atoms with E-state index in [0.29, 0.717) is 40.9 Å². The quantitative estimate of drug-likeness (QED) is 0.881. The predicted octanol–water partition coefficient (Wildman–Crippen LogP) is 3.06. The summed E-state index contributed by atoms with van der Waals surface area (Å²) in [4.78, 5) is 0. The normalized spacial score (nSPS) is 22.6. The molecule has 2 heterocycles. The summed E-state index contributed by atoms with van der Waals surface area (Å²) in [6.07, 6.45) is 0.359. The van der Waals surface area contributed by atoms with Gasteiger partial charge in [0, 0.05) is 30.9 Å². The Labute approximate surface area is 157 Å². The van der Waals surface area contributed by atoms with E-state index in [-0.39, 0.29) is 12.7 Å². The van der Waals surface area contributed by atoms with Gasteiger partial charge in [-0.25, -0.2) is 0 Å². The van der Waals surface area contributed by atoms with Crippen LogP contribution >= 0.6 is 0 Å². The van der Waals surface area contributed by atoms with Crippen molar-refractivity contribution in [3.63, 3.8) is 0 Å². The van der Waals surface area contributed by atoms with E-state index in [9.17, 15) is 5.11 Å². The Balaban J connectivity index is 1.87. The highest BCUT2D eigenvalue weighted by Gasteiger charge is 2.38. The maximum absolute atomic E-state index is 10.7. The van der Waals surface area contributed by atoms with Gasteiger partial charge in [-0.15, -0.1) is 0 Å². The van der Waals surface area contributed by atoms with Gasteiger partial charge in [0.2, 0.25) is 18.3 Å². The van der Waals surface area contributed by atoms with Crippen LogP contribution in [-0.4, -0.2) is 39.0 Å². The fraction of sp³-hybridized carbons (Fsp3) is 0.400. The Morgan fingerprint density at radius 2 is 1.56 bits per heavy atom.